The summed E-state index contributed by atoms with van der Waals surface area (Å²) in [7, 11) is 3.14. The average Bonchev–Trinajstić information content (AvgIpc) is 2.52. The minimum absolute atomic E-state index is 0.486. The molecule has 5 nitrogen and oxygen atoms in total. The molecule has 0 amide bonds. The fraction of sp³-hybridized carbons (Fsp3) is 0.533. The Morgan fingerprint density at radius 1 is 1.18 bits per heavy atom. The minimum Gasteiger partial charge on any atom is -0.495 e. The van der Waals surface area contributed by atoms with Crippen LogP contribution in [0.1, 0.15) is 19.8 Å². The summed E-state index contributed by atoms with van der Waals surface area (Å²) in [5, 5.41) is 7.25. The van der Waals surface area contributed by atoms with Crippen LogP contribution in [0.3, 0.4) is 0 Å². The van der Waals surface area contributed by atoms with Crippen molar-refractivity contribution in [2.24, 2.45) is 0 Å². The fourth-order valence-corrected chi connectivity index (χ4v) is 2.24. The van der Waals surface area contributed by atoms with Crippen LogP contribution in [0, 0.1) is 0 Å². The number of hydrogen-bond donors (Lipinski definition) is 2. The van der Waals surface area contributed by atoms with Crippen molar-refractivity contribution in [1.82, 2.24) is 5.32 Å². The molecule has 2 N–H and O–H groups in total. The zero-order valence-corrected chi connectivity index (χ0v) is 14.8. The Hall–Kier alpha value is -1.24. The number of thiocarbonyl (C=S) groups is 1. The molecule has 0 aliphatic carbocycles. The molecule has 0 saturated heterocycles. The summed E-state index contributed by atoms with van der Waals surface area (Å²) in [5.74, 6) is 1.16. The van der Waals surface area contributed by atoms with Gasteiger partial charge in [-0.1, -0.05) is 11.6 Å². The van der Waals surface area contributed by atoms with Gasteiger partial charge < -0.3 is 24.8 Å². The van der Waals surface area contributed by atoms with E-state index in [0.29, 0.717) is 27.3 Å². The van der Waals surface area contributed by atoms with Crippen LogP contribution in [0.4, 0.5) is 5.69 Å². The highest BCUT2D eigenvalue weighted by molar-refractivity contribution is 7.80. The van der Waals surface area contributed by atoms with Crippen molar-refractivity contribution in [1.29, 1.82) is 0 Å². The molecular formula is C15H23ClN2O3S. The number of hydrogen-bond acceptors (Lipinski definition) is 4. The molecule has 0 heterocycles. The molecule has 0 atom stereocenters. The van der Waals surface area contributed by atoms with E-state index in [0.717, 1.165) is 32.6 Å². The van der Waals surface area contributed by atoms with Gasteiger partial charge >= 0.3 is 0 Å². The monoisotopic (exact) mass is 346 g/mol. The smallest absolute Gasteiger partial charge is 0.170 e. The van der Waals surface area contributed by atoms with Gasteiger partial charge in [0.15, 0.2) is 5.11 Å². The van der Waals surface area contributed by atoms with Crippen molar-refractivity contribution in [2.45, 2.75) is 19.8 Å². The maximum absolute atomic E-state index is 6.07. The number of benzene rings is 1. The van der Waals surface area contributed by atoms with Gasteiger partial charge in [0.25, 0.3) is 0 Å². The third-order valence-electron chi connectivity index (χ3n) is 2.93. The highest BCUT2D eigenvalue weighted by atomic mass is 35.5. The van der Waals surface area contributed by atoms with Crippen molar-refractivity contribution >= 4 is 34.6 Å². The second kappa shape index (κ2) is 10.5. The second-order valence-electron chi connectivity index (χ2n) is 4.47. The first kappa shape index (κ1) is 18.8. The highest BCUT2D eigenvalue weighted by Gasteiger charge is 2.10. The second-order valence-corrected chi connectivity index (χ2v) is 5.29. The van der Waals surface area contributed by atoms with Gasteiger partial charge in [0, 0.05) is 31.9 Å². The van der Waals surface area contributed by atoms with Crippen LogP contribution >= 0.6 is 23.8 Å². The van der Waals surface area contributed by atoms with E-state index in [-0.39, 0.29) is 0 Å². The lowest BCUT2D eigenvalue weighted by atomic mass is 10.2. The van der Waals surface area contributed by atoms with E-state index >= 15 is 0 Å². The van der Waals surface area contributed by atoms with Gasteiger partial charge in [0.2, 0.25) is 0 Å². The van der Waals surface area contributed by atoms with Gasteiger partial charge in [-0.2, -0.15) is 0 Å². The summed E-state index contributed by atoms with van der Waals surface area (Å²) < 4.78 is 15.8. The van der Waals surface area contributed by atoms with E-state index in [4.69, 9.17) is 38.0 Å². The third-order valence-corrected chi connectivity index (χ3v) is 3.47. The summed E-state index contributed by atoms with van der Waals surface area (Å²) in [6.45, 7) is 4.31. The van der Waals surface area contributed by atoms with Crippen LogP contribution in [-0.4, -0.2) is 39.1 Å². The molecule has 0 radical (unpaired) electrons. The molecular weight excluding hydrogens is 324 g/mol. The lowest BCUT2D eigenvalue weighted by molar-refractivity contribution is 0.143. The van der Waals surface area contributed by atoms with Crippen molar-refractivity contribution in [2.75, 3.05) is 39.3 Å². The Bertz CT molecular complexity index is 486. The molecule has 0 aliphatic rings. The number of rotatable bonds is 9. The number of halogens is 1. The van der Waals surface area contributed by atoms with Crippen LogP contribution in [-0.2, 0) is 4.74 Å². The lowest BCUT2D eigenvalue weighted by Crippen LogP contribution is -2.29. The molecule has 0 aliphatic heterocycles. The van der Waals surface area contributed by atoms with Crippen LogP contribution in [0.25, 0.3) is 0 Å². The Kier molecular flexibility index (Phi) is 8.96. The van der Waals surface area contributed by atoms with Crippen LogP contribution < -0.4 is 20.1 Å². The van der Waals surface area contributed by atoms with Gasteiger partial charge in [-0.3, -0.25) is 0 Å². The normalized spacial score (nSPS) is 10.2. The van der Waals surface area contributed by atoms with E-state index in [1.54, 1.807) is 26.4 Å². The van der Waals surface area contributed by atoms with Crippen molar-refractivity contribution in [3.63, 3.8) is 0 Å². The zero-order chi connectivity index (χ0) is 16.4. The van der Waals surface area contributed by atoms with Crippen LogP contribution in [0.2, 0.25) is 5.02 Å². The summed E-state index contributed by atoms with van der Waals surface area (Å²) in [6.07, 6.45) is 1.99. The predicted octanol–water partition coefficient (Wildman–Crippen LogP) is 3.46. The first-order valence-corrected chi connectivity index (χ1v) is 7.95. The molecule has 22 heavy (non-hydrogen) atoms. The number of methoxy groups -OCH3 is 2. The van der Waals surface area contributed by atoms with E-state index in [1.165, 1.54) is 0 Å². The van der Waals surface area contributed by atoms with E-state index in [9.17, 15) is 0 Å². The maximum Gasteiger partial charge on any atom is 0.170 e. The number of ether oxygens (including phenoxy) is 3. The summed E-state index contributed by atoms with van der Waals surface area (Å²) in [6, 6.07) is 3.44. The van der Waals surface area contributed by atoms with Crippen molar-refractivity contribution in [3.8, 4) is 11.5 Å². The molecule has 0 spiro atoms. The van der Waals surface area contributed by atoms with Crippen molar-refractivity contribution < 1.29 is 14.2 Å². The number of unbranched alkanes of at least 4 members (excludes halogenated alkanes) is 1. The van der Waals surface area contributed by atoms with Gasteiger partial charge in [0.05, 0.1) is 24.9 Å². The highest BCUT2D eigenvalue weighted by Crippen LogP contribution is 2.35. The number of anilines is 1. The van der Waals surface area contributed by atoms with Crippen molar-refractivity contribution in [3.05, 3.63) is 17.2 Å². The Morgan fingerprint density at radius 3 is 2.55 bits per heavy atom. The quantitative estimate of drug-likeness (QED) is 0.527. The summed E-state index contributed by atoms with van der Waals surface area (Å²) >= 11 is 11.3. The van der Waals surface area contributed by atoms with E-state index in [2.05, 4.69) is 10.6 Å². The van der Waals surface area contributed by atoms with Gasteiger partial charge in [0.1, 0.15) is 11.5 Å². The van der Waals surface area contributed by atoms with Gasteiger partial charge in [-0.15, -0.1) is 0 Å². The molecule has 1 aromatic rings. The molecule has 0 bridgehead atoms. The molecule has 0 aromatic heterocycles. The maximum atomic E-state index is 6.07. The van der Waals surface area contributed by atoms with Crippen LogP contribution in [0.15, 0.2) is 12.1 Å². The zero-order valence-electron chi connectivity index (χ0n) is 13.2. The van der Waals surface area contributed by atoms with E-state index in [1.807, 2.05) is 6.92 Å². The first-order chi connectivity index (χ1) is 10.6. The van der Waals surface area contributed by atoms with Crippen LogP contribution in [0.5, 0.6) is 11.5 Å². The minimum atomic E-state index is 0.486. The Morgan fingerprint density at radius 2 is 1.91 bits per heavy atom. The molecule has 0 fully saturated rings. The Labute approximate surface area is 142 Å². The lowest BCUT2D eigenvalue weighted by Gasteiger charge is -2.15. The third kappa shape index (κ3) is 6.25. The largest absolute Gasteiger partial charge is 0.495 e. The predicted molar refractivity (Wildman–Crippen MR) is 94.5 cm³/mol. The standard InChI is InChI=1S/C15H23ClN2O3S/c1-4-21-8-6-5-7-17-15(22)18-12-10-13(19-2)11(16)9-14(12)20-3/h9-10H,4-8H2,1-3H3,(H2,17,18,22). The average molecular weight is 347 g/mol. The molecule has 0 unspecified atom stereocenters. The molecule has 124 valence electrons. The summed E-state index contributed by atoms with van der Waals surface area (Å²) in [4.78, 5) is 0. The summed E-state index contributed by atoms with van der Waals surface area (Å²) in [5.41, 5.74) is 0.704. The number of nitrogens with one attached hydrogen (secondary N) is 2. The molecule has 1 rings (SSSR count). The fourth-order valence-electron chi connectivity index (χ4n) is 1.80. The topological polar surface area (TPSA) is 51.8 Å². The van der Waals surface area contributed by atoms with Gasteiger partial charge in [-0.05, 0) is 32.0 Å². The van der Waals surface area contributed by atoms with Gasteiger partial charge in [-0.25, -0.2) is 0 Å². The molecule has 7 heteroatoms. The molecule has 0 saturated carbocycles. The Balaban J connectivity index is 2.49. The first-order valence-electron chi connectivity index (χ1n) is 7.16. The molecule has 1 aromatic carbocycles. The SMILES string of the molecule is CCOCCCCNC(=S)Nc1cc(OC)c(Cl)cc1OC. The van der Waals surface area contributed by atoms with E-state index < -0.39 is 0 Å².